The Bertz CT molecular complexity index is 777. The fourth-order valence-corrected chi connectivity index (χ4v) is 8.39. The predicted octanol–water partition coefficient (Wildman–Crippen LogP) is 6.39. The van der Waals surface area contributed by atoms with Gasteiger partial charge in [0, 0.05) is 5.41 Å². The van der Waals surface area contributed by atoms with Crippen LogP contribution in [0.15, 0.2) is 0 Å². The van der Waals surface area contributed by atoms with Crippen molar-refractivity contribution in [3.63, 3.8) is 0 Å². The van der Waals surface area contributed by atoms with Gasteiger partial charge >= 0.3 is 18.3 Å². The molecule has 5 aliphatic rings. The van der Waals surface area contributed by atoms with Gasteiger partial charge in [0.25, 0.3) is 5.60 Å². The molecule has 4 saturated carbocycles. The van der Waals surface area contributed by atoms with E-state index in [0.717, 1.165) is 23.7 Å². The zero-order valence-electron chi connectivity index (χ0n) is 20.2. The first kappa shape index (κ1) is 26.1. The molecule has 9 heteroatoms. The lowest BCUT2D eigenvalue weighted by molar-refractivity contribution is -0.373. The van der Waals surface area contributed by atoms with E-state index in [1.807, 2.05) is 13.8 Å². The number of ether oxygens (including phenoxy) is 1. The van der Waals surface area contributed by atoms with Gasteiger partial charge in [-0.1, -0.05) is 27.7 Å². The molecule has 3 nitrogen and oxygen atoms in total. The molecule has 1 saturated heterocycles. The lowest BCUT2D eigenvalue weighted by Gasteiger charge is -2.39. The third-order valence-electron chi connectivity index (χ3n) is 10.8. The van der Waals surface area contributed by atoms with Crippen LogP contribution in [0.25, 0.3) is 0 Å². The van der Waals surface area contributed by atoms with Gasteiger partial charge in [0.05, 0.1) is 13.0 Å². The third kappa shape index (κ3) is 3.96. The summed E-state index contributed by atoms with van der Waals surface area (Å²) in [5, 5.41) is 9.28. The Kier molecular flexibility index (Phi) is 6.34. The van der Waals surface area contributed by atoms with Crippen molar-refractivity contribution in [1.29, 1.82) is 0 Å². The lowest BCUT2D eigenvalue weighted by Crippen LogP contribution is -2.58. The molecule has 4 bridgehead atoms. The first-order valence-electron chi connectivity index (χ1n) is 12.5. The van der Waals surface area contributed by atoms with Gasteiger partial charge in [0.15, 0.2) is 0 Å². The molecular formula is C25H36F6O3. The highest BCUT2D eigenvalue weighted by molar-refractivity contribution is 5.72. The highest BCUT2D eigenvalue weighted by Crippen LogP contribution is 2.64. The Balaban J connectivity index is 0.000000170. The number of carbonyl (C=O) groups excluding carboxylic acids is 1. The van der Waals surface area contributed by atoms with E-state index in [1.165, 1.54) is 12.8 Å². The van der Waals surface area contributed by atoms with Crippen molar-refractivity contribution in [1.82, 2.24) is 0 Å². The molecule has 5 fully saturated rings. The minimum absolute atomic E-state index is 0.0393. The number of carbonyl (C=O) groups is 1. The molecule has 10 unspecified atom stereocenters. The number of halogens is 6. The zero-order valence-corrected chi connectivity index (χ0v) is 20.2. The molecule has 0 aromatic heterocycles. The minimum atomic E-state index is -5.69. The van der Waals surface area contributed by atoms with Gasteiger partial charge in [-0.3, -0.25) is 4.79 Å². The quantitative estimate of drug-likeness (QED) is 0.354. The van der Waals surface area contributed by atoms with E-state index in [9.17, 15) is 36.2 Å². The highest BCUT2D eigenvalue weighted by Gasteiger charge is 2.71. The summed E-state index contributed by atoms with van der Waals surface area (Å²) in [6.45, 7) is 9.32. The third-order valence-corrected chi connectivity index (χ3v) is 10.8. The summed E-state index contributed by atoms with van der Waals surface area (Å²) < 4.78 is 81.4. The van der Waals surface area contributed by atoms with Crippen LogP contribution in [0.4, 0.5) is 26.3 Å². The van der Waals surface area contributed by atoms with Crippen LogP contribution in [0.2, 0.25) is 0 Å². The van der Waals surface area contributed by atoms with E-state index < -0.39 is 30.3 Å². The van der Waals surface area contributed by atoms with Crippen molar-refractivity contribution in [2.45, 2.75) is 84.2 Å². The number of alkyl halides is 6. The number of hydrogen-bond acceptors (Lipinski definition) is 3. The molecule has 10 atom stereocenters. The number of hydrogen-bond donors (Lipinski definition) is 1. The van der Waals surface area contributed by atoms with Crippen molar-refractivity contribution >= 4 is 5.97 Å². The van der Waals surface area contributed by atoms with Gasteiger partial charge in [0.1, 0.15) is 0 Å². The summed E-state index contributed by atoms with van der Waals surface area (Å²) in [6, 6.07) is 0. The van der Waals surface area contributed by atoms with E-state index in [2.05, 4.69) is 13.8 Å². The molecule has 5 rings (SSSR count). The number of aliphatic hydroxyl groups is 1. The van der Waals surface area contributed by atoms with Crippen molar-refractivity contribution in [3.05, 3.63) is 0 Å². The first-order chi connectivity index (χ1) is 15.5. The Morgan fingerprint density at radius 1 is 0.882 bits per heavy atom. The summed E-state index contributed by atoms with van der Waals surface area (Å²) in [7, 11) is 0. The molecule has 0 aromatic carbocycles. The standard InChI is InChI=1S/C13H18F6O.C12H18O2/c1-6-7(2)10-4-8(6)3-9(10)5-11(20,12(14,15)16)13(17,18)19;1-7-8(2)10-3-9(7)4-12(10)5-11(13)14-6-12/h6-10,20H,3-5H2,1-2H3;7-10H,3-6H2,1-2H3. The van der Waals surface area contributed by atoms with Gasteiger partial charge in [-0.25, -0.2) is 0 Å². The summed E-state index contributed by atoms with van der Waals surface area (Å²) in [5.74, 6) is 3.10. The highest BCUT2D eigenvalue weighted by atomic mass is 19.4. The maximum absolute atomic E-state index is 12.7. The van der Waals surface area contributed by atoms with E-state index >= 15 is 0 Å². The molecule has 0 amide bonds. The van der Waals surface area contributed by atoms with Gasteiger partial charge in [-0.05, 0) is 85.4 Å². The van der Waals surface area contributed by atoms with Gasteiger partial charge in [-0.15, -0.1) is 0 Å². The summed E-state index contributed by atoms with van der Waals surface area (Å²) >= 11 is 0. The minimum Gasteiger partial charge on any atom is -0.465 e. The topological polar surface area (TPSA) is 46.5 Å². The Hall–Kier alpha value is -0.990. The number of fused-ring (bicyclic) bond motifs is 5. The molecule has 1 N–H and O–H groups in total. The normalized spacial score (nSPS) is 45.6. The van der Waals surface area contributed by atoms with Crippen LogP contribution in [-0.2, 0) is 9.53 Å². The smallest absolute Gasteiger partial charge is 0.426 e. The fourth-order valence-electron chi connectivity index (χ4n) is 8.39. The van der Waals surface area contributed by atoms with E-state index in [-0.39, 0.29) is 29.1 Å². The number of cyclic esters (lactones) is 1. The predicted molar refractivity (Wildman–Crippen MR) is 112 cm³/mol. The number of rotatable bonds is 2. The molecule has 196 valence electrons. The van der Waals surface area contributed by atoms with Crippen LogP contribution in [0.3, 0.4) is 0 Å². The molecule has 34 heavy (non-hydrogen) atoms. The molecule has 4 aliphatic carbocycles. The van der Waals surface area contributed by atoms with E-state index in [0.29, 0.717) is 31.8 Å². The molecule has 1 aliphatic heterocycles. The monoisotopic (exact) mass is 498 g/mol. The Morgan fingerprint density at radius 3 is 1.88 bits per heavy atom. The van der Waals surface area contributed by atoms with Gasteiger partial charge in [0.2, 0.25) is 0 Å². The zero-order chi connectivity index (χ0) is 25.4. The second-order valence-electron chi connectivity index (χ2n) is 12.2. The average Bonchev–Trinajstić information content (AvgIpc) is 3.49. The van der Waals surface area contributed by atoms with Gasteiger partial charge in [-0.2, -0.15) is 26.3 Å². The molecule has 0 radical (unpaired) electrons. The van der Waals surface area contributed by atoms with Crippen molar-refractivity contribution in [3.8, 4) is 0 Å². The molecule has 0 aromatic rings. The summed E-state index contributed by atoms with van der Waals surface area (Å²) in [6.07, 6.45) is -8.33. The van der Waals surface area contributed by atoms with Crippen molar-refractivity contribution < 1.29 is 41.0 Å². The molecule has 1 heterocycles. The largest absolute Gasteiger partial charge is 0.465 e. The Labute approximate surface area is 197 Å². The first-order valence-corrected chi connectivity index (χ1v) is 12.5. The molecule has 1 spiro atoms. The SMILES string of the molecule is CC1C2CC(C1C)C1(COC(=O)C1)C2.CC1C2CC(CC(O)(C(F)(F)F)C(F)(F)F)C(C2)C1C. The van der Waals surface area contributed by atoms with Crippen LogP contribution < -0.4 is 0 Å². The second-order valence-corrected chi connectivity index (χ2v) is 12.2. The van der Waals surface area contributed by atoms with Crippen LogP contribution >= 0.6 is 0 Å². The molecular weight excluding hydrogens is 462 g/mol. The summed E-state index contributed by atoms with van der Waals surface area (Å²) in [5.41, 5.74) is -4.33. The fraction of sp³-hybridized carbons (Fsp3) is 0.960. The maximum atomic E-state index is 12.7. The average molecular weight is 499 g/mol. The second kappa shape index (κ2) is 8.27. The van der Waals surface area contributed by atoms with Crippen molar-refractivity contribution in [2.24, 2.45) is 58.7 Å². The number of esters is 1. The van der Waals surface area contributed by atoms with Crippen molar-refractivity contribution in [2.75, 3.05) is 6.61 Å². The Morgan fingerprint density at radius 2 is 1.47 bits per heavy atom. The van der Waals surface area contributed by atoms with Crippen LogP contribution in [-0.4, -0.2) is 35.6 Å². The lowest BCUT2D eigenvalue weighted by atomic mass is 9.65. The van der Waals surface area contributed by atoms with Crippen LogP contribution in [0.1, 0.15) is 66.2 Å². The van der Waals surface area contributed by atoms with Crippen LogP contribution in [0, 0.1) is 58.7 Å². The van der Waals surface area contributed by atoms with Gasteiger partial charge < -0.3 is 9.84 Å². The summed E-state index contributed by atoms with van der Waals surface area (Å²) in [4.78, 5) is 11.2. The van der Waals surface area contributed by atoms with Crippen LogP contribution in [0.5, 0.6) is 0 Å². The van der Waals surface area contributed by atoms with E-state index in [4.69, 9.17) is 4.74 Å². The maximum Gasteiger partial charge on any atom is 0.426 e. The van der Waals surface area contributed by atoms with E-state index in [1.54, 1.807) is 0 Å².